The maximum Gasteiger partial charge on any atom is 1.00 e. The summed E-state index contributed by atoms with van der Waals surface area (Å²) in [6.07, 6.45) is 0. The van der Waals surface area contributed by atoms with E-state index in [-0.39, 0.29) is 59.1 Å². The van der Waals surface area contributed by atoms with E-state index in [1.165, 1.54) is 0 Å². The third kappa shape index (κ3) is 18.6. The van der Waals surface area contributed by atoms with E-state index in [9.17, 15) is 25.9 Å². The van der Waals surface area contributed by atoms with Crippen LogP contribution in [0, 0.1) is 0 Å². The maximum atomic E-state index is 9.40. The predicted octanol–water partition coefficient (Wildman–Crippen LogP) is -8.50. The Bertz CT molecular complexity index is 244. The molecule has 0 aliphatic heterocycles. The fourth-order valence-electron chi connectivity index (χ4n) is 0.125. The largest absolute Gasteiger partial charge is 1.00 e. The molecule has 11 heteroatoms. The van der Waals surface area contributed by atoms with Crippen molar-refractivity contribution in [1.29, 1.82) is 0 Å². The van der Waals surface area contributed by atoms with Crippen LogP contribution < -0.4 is 63.2 Å². The maximum absolute atomic E-state index is 9.40. The van der Waals surface area contributed by atoms with Gasteiger partial charge in [-0.05, 0) is 0 Å². The molecule has 0 fully saturated rings. The van der Waals surface area contributed by atoms with Crippen molar-refractivity contribution in [2.45, 2.75) is 0 Å². The summed E-state index contributed by atoms with van der Waals surface area (Å²) in [4.78, 5) is 0. The summed E-state index contributed by atoms with van der Waals surface area (Å²) in [6, 6.07) is 0. The zero-order chi connectivity index (χ0) is 7.71. The number of rotatable bonds is 2. The van der Waals surface area contributed by atoms with Gasteiger partial charge in [-0.2, -0.15) is 0 Å². The SMILES string of the molecule is O=S(=O)([O-])NS(=O)(=O)[O-].[Na+].[Na+]. The summed E-state index contributed by atoms with van der Waals surface area (Å²) in [6.45, 7) is 0. The molecule has 0 aliphatic rings. The fraction of sp³-hybridized carbons (Fsp3) is 0. The van der Waals surface area contributed by atoms with Crippen molar-refractivity contribution in [1.82, 2.24) is 4.13 Å². The van der Waals surface area contributed by atoms with E-state index in [0.29, 0.717) is 4.13 Å². The predicted molar refractivity (Wildman–Crippen MR) is 22.5 cm³/mol. The van der Waals surface area contributed by atoms with Crippen molar-refractivity contribution in [2.75, 3.05) is 0 Å². The van der Waals surface area contributed by atoms with Gasteiger partial charge >= 0.3 is 59.1 Å². The van der Waals surface area contributed by atoms with Crippen LogP contribution in [0.2, 0.25) is 0 Å². The quantitative estimate of drug-likeness (QED) is 0.364. The Kier molecular flexibility index (Phi) is 10.6. The van der Waals surface area contributed by atoms with Crippen LogP contribution >= 0.6 is 0 Å². The molecule has 0 amide bonds. The molecule has 0 atom stereocenters. The van der Waals surface area contributed by atoms with E-state index in [4.69, 9.17) is 0 Å². The summed E-state index contributed by atoms with van der Waals surface area (Å²) in [5.41, 5.74) is 0. The number of hydrogen-bond donors (Lipinski definition) is 1. The summed E-state index contributed by atoms with van der Waals surface area (Å²) in [5.74, 6) is 0. The Morgan fingerprint density at radius 3 is 1.00 bits per heavy atom. The molecule has 0 radical (unpaired) electrons. The molecule has 56 valence electrons. The molecule has 0 saturated carbocycles. The smallest absolute Gasteiger partial charge is 0.735 e. The van der Waals surface area contributed by atoms with Crippen LogP contribution in [-0.2, 0) is 20.6 Å². The Morgan fingerprint density at radius 2 is 1.00 bits per heavy atom. The van der Waals surface area contributed by atoms with E-state index < -0.39 is 20.6 Å². The summed E-state index contributed by atoms with van der Waals surface area (Å²) in [7, 11) is -10.4. The second-order valence-electron chi connectivity index (χ2n) is 0.992. The first-order chi connectivity index (χ1) is 3.71. The normalized spacial score (nSPS) is 11.1. The summed E-state index contributed by atoms with van der Waals surface area (Å²) >= 11 is 0. The van der Waals surface area contributed by atoms with Crippen molar-refractivity contribution in [3.8, 4) is 0 Å². The van der Waals surface area contributed by atoms with Crippen LogP contribution in [0.3, 0.4) is 0 Å². The summed E-state index contributed by atoms with van der Waals surface area (Å²) < 4.78 is 56.7. The molecule has 0 aromatic heterocycles. The second-order valence-corrected chi connectivity index (χ2v) is 3.47. The second kappa shape index (κ2) is 6.27. The Balaban J connectivity index is -0.000000320. The van der Waals surface area contributed by atoms with Crippen LogP contribution in [0.1, 0.15) is 0 Å². The average Bonchev–Trinajstić information content (AvgIpc) is 1.14. The van der Waals surface area contributed by atoms with Crippen molar-refractivity contribution >= 4 is 20.6 Å². The van der Waals surface area contributed by atoms with Crippen molar-refractivity contribution in [2.24, 2.45) is 0 Å². The molecule has 0 bridgehead atoms. The molecule has 1 N–H and O–H groups in total. The van der Waals surface area contributed by atoms with Gasteiger partial charge in [-0.25, -0.2) is 16.8 Å². The fourth-order valence-corrected chi connectivity index (χ4v) is 1.12. The van der Waals surface area contributed by atoms with Crippen LogP contribution in [0.5, 0.6) is 0 Å². The zero-order valence-corrected chi connectivity index (χ0v) is 11.4. The van der Waals surface area contributed by atoms with E-state index in [1.54, 1.807) is 0 Å². The Morgan fingerprint density at radius 1 is 0.818 bits per heavy atom. The van der Waals surface area contributed by atoms with Gasteiger partial charge in [0.05, 0.1) is 0 Å². The monoisotopic (exact) mass is 221 g/mol. The van der Waals surface area contributed by atoms with Gasteiger partial charge < -0.3 is 9.11 Å². The van der Waals surface area contributed by atoms with Gasteiger partial charge in [-0.15, -0.1) is 4.13 Å². The van der Waals surface area contributed by atoms with Gasteiger partial charge in [0.1, 0.15) is 0 Å². The van der Waals surface area contributed by atoms with Gasteiger partial charge in [0.25, 0.3) is 0 Å². The van der Waals surface area contributed by atoms with Crippen LogP contribution in [-0.4, -0.2) is 25.9 Å². The molecule has 0 saturated heterocycles. The van der Waals surface area contributed by atoms with Gasteiger partial charge in [0, 0.05) is 0 Å². The van der Waals surface area contributed by atoms with E-state index >= 15 is 0 Å². The van der Waals surface area contributed by atoms with Crippen LogP contribution in [0.25, 0.3) is 0 Å². The van der Waals surface area contributed by atoms with Crippen LogP contribution in [0.4, 0.5) is 0 Å². The molecule has 11 heavy (non-hydrogen) atoms. The molecule has 0 aromatic carbocycles. The van der Waals surface area contributed by atoms with Crippen molar-refractivity contribution < 1.29 is 85.1 Å². The average molecular weight is 221 g/mol. The molecule has 0 rings (SSSR count). The Labute approximate surface area is 108 Å². The topological polar surface area (TPSA) is 126 Å². The molecule has 0 spiro atoms. The standard InChI is InChI=1S/H3NO6S2.2Na/c2-8(3,4)1-9(5,6)7;;/h1H,(H,2,3,4)(H,5,6,7);;/q;2*+1/p-2. The van der Waals surface area contributed by atoms with E-state index in [0.717, 1.165) is 0 Å². The van der Waals surface area contributed by atoms with E-state index in [1.807, 2.05) is 0 Å². The number of hydrogen-bond acceptors (Lipinski definition) is 6. The molecular weight excluding hydrogens is 220 g/mol. The minimum atomic E-state index is -5.18. The van der Waals surface area contributed by atoms with Crippen molar-refractivity contribution in [3.05, 3.63) is 0 Å². The van der Waals surface area contributed by atoms with Gasteiger partial charge in [0.15, 0.2) is 20.6 Å². The zero-order valence-electron chi connectivity index (χ0n) is 5.77. The minimum Gasteiger partial charge on any atom is -0.735 e. The molecule has 0 heterocycles. The first-order valence-electron chi connectivity index (χ1n) is 1.41. The van der Waals surface area contributed by atoms with E-state index in [2.05, 4.69) is 0 Å². The molecule has 0 unspecified atom stereocenters. The molecule has 0 aliphatic carbocycles. The first-order valence-corrected chi connectivity index (χ1v) is 4.22. The van der Waals surface area contributed by atoms with Crippen molar-refractivity contribution in [3.63, 3.8) is 0 Å². The van der Waals surface area contributed by atoms with Gasteiger partial charge in [0.2, 0.25) is 0 Å². The Hall–Kier alpha value is 1.78. The molecule has 7 nitrogen and oxygen atoms in total. The van der Waals surface area contributed by atoms with Crippen LogP contribution in [0.15, 0.2) is 0 Å². The molecular formula is HNNa2O6S2. The minimum absolute atomic E-state index is 0. The third-order valence-electron chi connectivity index (χ3n) is 0.204. The van der Waals surface area contributed by atoms with Gasteiger partial charge in [-0.1, -0.05) is 0 Å². The third-order valence-corrected chi connectivity index (χ3v) is 1.84. The van der Waals surface area contributed by atoms with Gasteiger partial charge in [-0.3, -0.25) is 0 Å². The first kappa shape index (κ1) is 18.5. The molecule has 0 aromatic rings. The number of nitrogens with one attached hydrogen (secondary N) is 1. The summed E-state index contributed by atoms with van der Waals surface area (Å²) in [5, 5.41) is 0.